The molecule has 1 heterocycles. The number of benzene rings is 2. The van der Waals surface area contributed by atoms with E-state index in [0.29, 0.717) is 23.1 Å². The van der Waals surface area contributed by atoms with Gasteiger partial charge in [-0.25, -0.2) is 0 Å². The molecule has 3 aromatic rings. The van der Waals surface area contributed by atoms with Crippen LogP contribution < -0.4 is 36.3 Å². The quantitative estimate of drug-likeness (QED) is 0.151. The van der Waals surface area contributed by atoms with E-state index in [1.54, 1.807) is 29.5 Å². The van der Waals surface area contributed by atoms with Crippen LogP contribution in [0.3, 0.4) is 0 Å². The van der Waals surface area contributed by atoms with Crippen LogP contribution in [0, 0.1) is 6.92 Å². The van der Waals surface area contributed by atoms with Crippen molar-refractivity contribution < 1.29 is 35.8 Å². The minimum atomic E-state index is -0.225. The number of ether oxygens (including phenoxy) is 2. The molecule has 1 N–H and O–H groups in total. The van der Waals surface area contributed by atoms with Crippen molar-refractivity contribution in [3.8, 4) is 11.5 Å². The van der Waals surface area contributed by atoms with Gasteiger partial charge in [-0.3, -0.25) is 4.79 Å². The summed E-state index contributed by atoms with van der Waals surface area (Å²) in [6.07, 6.45) is 14.9. The molecule has 214 valence electrons. The summed E-state index contributed by atoms with van der Waals surface area (Å²) in [4.78, 5) is 13.9. The van der Waals surface area contributed by atoms with Crippen molar-refractivity contribution in [3.63, 3.8) is 0 Å². The van der Waals surface area contributed by atoms with Gasteiger partial charge in [-0.2, -0.15) is 4.57 Å². The number of hydrogen-bond donors (Lipinski definition) is 1. The number of thiazole rings is 1. The average molecular weight is 638 g/mol. The SMILES string of the molecule is CCCCCCCCCCCCOc1cc(Cl)ccc1OCC(=O)Nc1cccc(C[n+]2csc(C)c2)c1.[Br-]. The number of amides is 1. The van der Waals surface area contributed by atoms with E-state index in [1.165, 1.54) is 56.2 Å². The number of hydrogen-bond acceptors (Lipinski definition) is 4. The topological polar surface area (TPSA) is 51.4 Å². The van der Waals surface area contributed by atoms with Crippen LogP contribution in [0.25, 0.3) is 0 Å². The third kappa shape index (κ3) is 13.2. The Balaban J connectivity index is 0.00000533. The molecule has 0 unspecified atom stereocenters. The maximum atomic E-state index is 12.6. The molecule has 0 saturated carbocycles. The first-order valence-corrected chi connectivity index (χ1v) is 15.2. The lowest BCUT2D eigenvalue weighted by atomic mass is 10.1. The van der Waals surface area contributed by atoms with E-state index >= 15 is 0 Å². The summed E-state index contributed by atoms with van der Waals surface area (Å²) in [5.41, 5.74) is 3.96. The van der Waals surface area contributed by atoms with E-state index in [9.17, 15) is 4.79 Å². The molecule has 1 aromatic heterocycles. The summed E-state index contributed by atoms with van der Waals surface area (Å²) in [5.74, 6) is 0.873. The molecule has 0 saturated heterocycles. The Labute approximate surface area is 253 Å². The zero-order chi connectivity index (χ0) is 27.0. The van der Waals surface area contributed by atoms with Crippen LogP contribution in [0.15, 0.2) is 54.2 Å². The summed E-state index contributed by atoms with van der Waals surface area (Å²) in [6, 6.07) is 13.1. The first-order chi connectivity index (χ1) is 18.5. The van der Waals surface area contributed by atoms with Crippen LogP contribution in [-0.4, -0.2) is 19.1 Å². The predicted octanol–water partition coefficient (Wildman–Crippen LogP) is 5.37. The van der Waals surface area contributed by atoms with Gasteiger partial charge in [-0.05, 0) is 37.6 Å². The smallest absolute Gasteiger partial charge is 0.262 e. The standard InChI is InChI=1S/C31H41ClN2O3S.BrH/c1-3-4-5-6-7-8-9-10-11-12-18-36-30-20-27(32)16-17-29(30)37-23-31(35)33-28-15-13-14-26(19-28)22-34-21-25(2)38-24-34;/h13-17,19-21,24H,3-12,18,22-23H2,1-2H3;1H. The van der Waals surface area contributed by atoms with Gasteiger partial charge < -0.3 is 31.8 Å². The second kappa shape index (κ2) is 19.1. The fraction of sp³-hybridized carbons (Fsp3) is 0.484. The minimum absolute atomic E-state index is 0. The normalized spacial score (nSPS) is 10.6. The number of nitrogens with one attached hydrogen (secondary N) is 1. The Morgan fingerprint density at radius 2 is 1.64 bits per heavy atom. The highest BCUT2D eigenvalue weighted by Gasteiger charge is 2.11. The molecule has 1 amide bonds. The second-order valence-electron chi connectivity index (χ2n) is 9.79. The molecule has 0 spiro atoms. The number of carbonyl (C=O) groups is 1. The summed E-state index contributed by atoms with van der Waals surface area (Å²) >= 11 is 7.90. The Bertz CT molecular complexity index is 1120. The van der Waals surface area contributed by atoms with Gasteiger partial charge in [-0.1, -0.05) is 99.8 Å². The van der Waals surface area contributed by atoms with Crippen molar-refractivity contribution in [2.75, 3.05) is 18.5 Å². The van der Waals surface area contributed by atoms with E-state index < -0.39 is 0 Å². The van der Waals surface area contributed by atoms with Crippen LogP contribution in [0.5, 0.6) is 11.5 Å². The van der Waals surface area contributed by atoms with Gasteiger partial charge in [0.25, 0.3) is 5.91 Å². The molecule has 0 bridgehead atoms. The van der Waals surface area contributed by atoms with E-state index in [2.05, 4.69) is 41.5 Å². The summed E-state index contributed by atoms with van der Waals surface area (Å²) in [6.45, 7) is 5.60. The van der Waals surface area contributed by atoms with E-state index in [0.717, 1.165) is 30.6 Å². The van der Waals surface area contributed by atoms with Crippen LogP contribution in [0.4, 0.5) is 5.69 Å². The predicted molar refractivity (Wildman–Crippen MR) is 158 cm³/mol. The molecular weight excluding hydrogens is 596 g/mol. The highest BCUT2D eigenvalue weighted by atomic mass is 79.9. The van der Waals surface area contributed by atoms with E-state index in [-0.39, 0.29) is 29.5 Å². The Morgan fingerprint density at radius 1 is 0.923 bits per heavy atom. The minimum Gasteiger partial charge on any atom is -1.00 e. The highest BCUT2D eigenvalue weighted by Crippen LogP contribution is 2.30. The van der Waals surface area contributed by atoms with Crippen molar-refractivity contribution in [3.05, 3.63) is 69.6 Å². The van der Waals surface area contributed by atoms with Crippen LogP contribution in [0.2, 0.25) is 5.02 Å². The lowest BCUT2D eigenvalue weighted by Crippen LogP contribution is -3.00. The number of rotatable bonds is 18. The molecule has 3 rings (SSSR count). The number of aryl methyl sites for hydroxylation is 1. The number of halogens is 2. The summed E-state index contributed by atoms with van der Waals surface area (Å²) in [5, 5.41) is 3.51. The summed E-state index contributed by atoms with van der Waals surface area (Å²) in [7, 11) is 0. The highest BCUT2D eigenvalue weighted by molar-refractivity contribution is 7.09. The molecule has 0 fully saturated rings. The number of unbranched alkanes of at least 4 members (excludes halogenated alkanes) is 9. The average Bonchev–Trinajstić information content (AvgIpc) is 3.31. The van der Waals surface area contributed by atoms with Crippen LogP contribution in [0.1, 0.15) is 81.6 Å². The second-order valence-corrected chi connectivity index (χ2v) is 11.3. The first-order valence-electron chi connectivity index (χ1n) is 13.9. The third-order valence-corrected chi connectivity index (χ3v) is 7.41. The molecule has 0 atom stereocenters. The molecular formula is C31H42BrClN2O3S. The monoisotopic (exact) mass is 636 g/mol. The molecule has 0 radical (unpaired) electrons. The van der Waals surface area contributed by atoms with Crippen molar-refractivity contribution in [1.82, 2.24) is 0 Å². The number of nitrogens with zero attached hydrogens (tertiary/aromatic N) is 1. The van der Waals surface area contributed by atoms with E-state index in [4.69, 9.17) is 21.1 Å². The van der Waals surface area contributed by atoms with Crippen LogP contribution >= 0.6 is 22.9 Å². The zero-order valence-electron chi connectivity index (χ0n) is 23.2. The maximum absolute atomic E-state index is 12.6. The van der Waals surface area contributed by atoms with Gasteiger partial charge in [-0.15, -0.1) is 0 Å². The first kappa shape index (κ1) is 33.1. The molecule has 0 aliphatic carbocycles. The Kier molecular flexibility index (Phi) is 16.2. The Hall–Kier alpha value is -2.09. The lowest BCUT2D eigenvalue weighted by Gasteiger charge is -2.13. The van der Waals surface area contributed by atoms with Crippen molar-refractivity contribution in [1.29, 1.82) is 0 Å². The third-order valence-electron chi connectivity index (χ3n) is 6.32. The Morgan fingerprint density at radius 3 is 2.33 bits per heavy atom. The fourth-order valence-corrected chi connectivity index (χ4v) is 5.11. The van der Waals surface area contributed by atoms with E-state index in [1.807, 2.05) is 18.2 Å². The van der Waals surface area contributed by atoms with Crippen LogP contribution in [-0.2, 0) is 11.3 Å². The van der Waals surface area contributed by atoms with Gasteiger partial charge in [0.05, 0.1) is 11.5 Å². The van der Waals surface area contributed by atoms with Gasteiger partial charge in [0, 0.05) is 22.3 Å². The van der Waals surface area contributed by atoms with Gasteiger partial charge in [0.1, 0.15) is 0 Å². The number of anilines is 1. The number of carbonyl (C=O) groups excluding carboxylic acids is 1. The van der Waals surface area contributed by atoms with Crippen molar-refractivity contribution in [2.24, 2.45) is 0 Å². The molecule has 0 aliphatic heterocycles. The number of aromatic nitrogens is 1. The van der Waals surface area contributed by atoms with Gasteiger partial charge >= 0.3 is 0 Å². The molecule has 0 aliphatic rings. The van der Waals surface area contributed by atoms with Crippen molar-refractivity contribution in [2.45, 2.75) is 84.6 Å². The molecule has 2 aromatic carbocycles. The molecule has 5 nitrogen and oxygen atoms in total. The lowest BCUT2D eigenvalue weighted by molar-refractivity contribution is -0.683. The van der Waals surface area contributed by atoms with Crippen molar-refractivity contribution >= 4 is 34.5 Å². The maximum Gasteiger partial charge on any atom is 0.262 e. The van der Waals surface area contributed by atoms with Gasteiger partial charge in [0.15, 0.2) is 30.8 Å². The summed E-state index contributed by atoms with van der Waals surface area (Å²) < 4.78 is 13.9. The van der Waals surface area contributed by atoms with Gasteiger partial charge in [0.2, 0.25) is 5.51 Å². The molecule has 8 heteroatoms. The molecule has 39 heavy (non-hydrogen) atoms. The fourth-order valence-electron chi connectivity index (χ4n) is 4.31. The zero-order valence-corrected chi connectivity index (χ0v) is 26.4. The largest absolute Gasteiger partial charge is 1.00 e.